The molecule has 6 nitrogen and oxygen atoms in total. The van der Waals surface area contributed by atoms with Crippen molar-refractivity contribution in [3.05, 3.63) is 24.3 Å². The van der Waals surface area contributed by atoms with Crippen molar-refractivity contribution in [1.82, 2.24) is 14.4 Å². The van der Waals surface area contributed by atoms with E-state index in [2.05, 4.69) is 9.97 Å². The highest BCUT2D eigenvalue weighted by Gasteiger charge is 2.07. The third kappa shape index (κ3) is 1.37. The van der Waals surface area contributed by atoms with E-state index >= 15 is 0 Å². The Morgan fingerprint density at radius 3 is 3.07 bits per heavy atom. The second-order valence-corrected chi connectivity index (χ2v) is 2.85. The van der Waals surface area contributed by atoms with E-state index in [-0.39, 0.29) is 6.42 Å². The molecule has 0 radical (unpaired) electrons. The first-order valence-electron chi connectivity index (χ1n) is 3.96. The Hall–Kier alpha value is -2.11. The fraction of sp³-hybridized carbons (Fsp3) is 0.125. The van der Waals surface area contributed by atoms with Crippen LogP contribution in [0.5, 0.6) is 0 Å². The number of carboxylic acid groups (broad SMARTS) is 1. The molecular formula is C8H8N4O2. The van der Waals surface area contributed by atoms with Crippen LogP contribution in [0.3, 0.4) is 0 Å². The van der Waals surface area contributed by atoms with Gasteiger partial charge in [-0.15, -0.1) is 0 Å². The molecule has 0 bridgehead atoms. The summed E-state index contributed by atoms with van der Waals surface area (Å²) in [7, 11) is 0. The number of anilines is 1. The fourth-order valence-electron chi connectivity index (χ4n) is 1.23. The summed E-state index contributed by atoms with van der Waals surface area (Å²) in [5.41, 5.74) is 6.52. The highest BCUT2D eigenvalue weighted by molar-refractivity contribution is 5.70. The van der Waals surface area contributed by atoms with Crippen LogP contribution in [0, 0.1) is 0 Å². The number of nitrogens with two attached hydrogens (primary N) is 1. The quantitative estimate of drug-likeness (QED) is 0.695. The summed E-state index contributed by atoms with van der Waals surface area (Å²) < 4.78 is 1.65. The van der Waals surface area contributed by atoms with Gasteiger partial charge in [0.25, 0.3) is 0 Å². The normalized spacial score (nSPS) is 10.6. The predicted molar refractivity (Wildman–Crippen MR) is 48.7 cm³/mol. The molecule has 0 fully saturated rings. The van der Waals surface area contributed by atoms with Gasteiger partial charge in [-0.3, -0.25) is 4.79 Å². The minimum atomic E-state index is -0.917. The van der Waals surface area contributed by atoms with Gasteiger partial charge in [-0.05, 0) is 0 Å². The van der Waals surface area contributed by atoms with Crippen molar-refractivity contribution >= 4 is 17.4 Å². The number of nitrogens with zero attached hydrogens (tertiary/aromatic N) is 3. The molecule has 72 valence electrons. The van der Waals surface area contributed by atoms with Crippen molar-refractivity contribution in [2.75, 3.05) is 5.73 Å². The molecule has 2 aromatic heterocycles. The van der Waals surface area contributed by atoms with Gasteiger partial charge in [0.2, 0.25) is 0 Å². The van der Waals surface area contributed by atoms with Crippen LogP contribution in [0.2, 0.25) is 0 Å². The number of aliphatic carboxylic acids is 1. The van der Waals surface area contributed by atoms with Gasteiger partial charge in [0.15, 0.2) is 11.5 Å². The molecule has 0 unspecified atom stereocenters. The SMILES string of the molecule is Nc1nccn2cc(CC(=O)O)nc12. The van der Waals surface area contributed by atoms with E-state index in [1.54, 1.807) is 16.8 Å². The average molecular weight is 192 g/mol. The zero-order valence-corrected chi connectivity index (χ0v) is 7.21. The maximum absolute atomic E-state index is 10.4. The molecule has 0 spiro atoms. The Kier molecular flexibility index (Phi) is 1.81. The topological polar surface area (TPSA) is 93.5 Å². The smallest absolute Gasteiger partial charge is 0.309 e. The highest BCUT2D eigenvalue weighted by atomic mass is 16.4. The molecule has 2 heterocycles. The highest BCUT2D eigenvalue weighted by Crippen LogP contribution is 2.09. The van der Waals surface area contributed by atoms with Crippen molar-refractivity contribution < 1.29 is 9.90 Å². The number of rotatable bonds is 2. The van der Waals surface area contributed by atoms with Gasteiger partial charge < -0.3 is 15.2 Å². The Bertz CT molecular complexity index is 491. The zero-order chi connectivity index (χ0) is 10.1. The van der Waals surface area contributed by atoms with Crippen LogP contribution >= 0.6 is 0 Å². The molecule has 2 aromatic rings. The average Bonchev–Trinajstić information content (AvgIpc) is 2.47. The number of carboxylic acids is 1. The summed E-state index contributed by atoms with van der Waals surface area (Å²) in [5.74, 6) is -0.621. The molecule has 0 saturated carbocycles. The van der Waals surface area contributed by atoms with Gasteiger partial charge in [0.1, 0.15) is 0 Å². The maximum Gasteiger partial charge on any atom is 0.309 e. The Morgan fingerprint density at radius 2 is 2.43 bits per heavy atom. The number of hydrogen-bond donors (Lipinski definition) is 2. The van der Waals surface area contributed by atoms with Gasteiger partial charge in [0.05, 0.1) is 12.1 Å². The van der Waals surface area contributed by atoms with E-state index < -0.39 is 5.97 Å². The molecule has 0 aliphatic heterocycles. The van der Waals surface area contributed by atoms with Gasteiger partial charge in [0, 0.05) is 18.6 Å². The lowest BCUT2D eigenvalue weighted by Crippen LogP contribution is -1.99. The number of imidazole rings is 1. The number of carbonyl (C=O) groups is 1. The van der Waals surface area contributed by atoms with Gasteiger partial charge in [-0.1, -0.05) is 0 Å². The summed E-state index contributed by atoms with van der Waals surface area (Å²) >= 11 is 0. The molecule has 0 saturated heterocycles. The fourth-order valence-corrected chi connectivity index (χ4v) is 1.23. The number of hydrogen-bond acceptors (Lipinski definition) is 4. The Morgan fingerprint density at radius 1 is 1.64 bits per heavy atom. The van der Waals surface area contributed by atoms with Crippen LogP contribution < -0.4 is 5.73 Å². The van der Waals surface area contributed by atoms with E-state index in [1.807, 2.05) is 0 Å². The standard InChI is InChI=1S/C8H8N4O2/c9-7-8-11-5(3-6(13)14)4-12(8)2-1-10-7/h1-2,4H,3H2,(H2,9,10)(H,13,14). The van der Waals surface area contributed by atoms with Crippen molar-refractivity contribution in [3.8, 4) is 0 Å². The van der Waals surface area contributed by atoms with E-state index in [0.717, 1.165) is 0 Å². The third-order valence-electron chi connectivity index (χ3n) is 1.78. The van der Waals surface area contributed by atoms with E-state index in [9.17, 15) is 4.79 Å². The minimum absolute atomic E-state index is 0.110. The number of aromatic nitrogens is 3. The van der Waals surface area contributed by atoms with Gasteiger partial charge in [-0.25, -0.2) is 9.97 Å². The maximum atomic E-state index is 10.4. The molecule has 0 aliphatic rings. The molecule has 0 aromatic carbocycles. The van der Waals surface area contributed by atoms with E-state index in [4.69, 9.17) is 10.8 Å². The van der Waals surface area contributed by atoms with Crippen molar-refractivity contribution in [2.45, 2.75) is 6.42 Å². The van der Waals surface area contributed by atoms with Gasteiger partial charge in [-0.2, -0.15) is 0 Å². The molecule has 0 atom stereocenters. The van der Waals surface area contributed by atoms with Crippen LogP contribution in [0.25, 0.3) is 5.65 Å². The first kappa shape index (κ1) is 8.49. The largest absolute Gasteiger partial charge is 0.481 e. The van der Waals surface area contributed by atoms with Crippen molar-refractivity contribution in [1.29, 1.82) is 0 Å². The van der Waals surface area contributed by atoms with Crippen LogP contribution in [0.4, 0.5) is 5.82 Å². The summed E-state index contributed by atoms with van der Waals surface area (Å²) in [6.07, 6.45) is 4.72. The summed E-state index contributed by atoms with van der Waals surface area (Å²) in [6.45, 7) is 0. The minimum Gasteiger partial charge on any atom is -0.481 e. The third-order valence-corrected chi connectivity index (χ3v) is 1.78. The zero-order valence-electron chi connectivity index (χ0n) is 7.21. The lowest BCUT2D eigenvalue weighted by molar-refractivity contribution is -0.136. The summed E-state index contributed by atoms with van der Waals surface area (Å²) in [4.78, 5) is 18.3. The Labute approximate surface area is 79.0 Å². The summed E-state index contributed by atoms with van der Waals surface area (Å²) in [5, 5.41) is 8.57. The summed E-state index contributed by atoms with van der Waals surface area (Å²) in [6, 6.07) is 0. The molecular weight excluding hydrogens is 184 g/mol. The number of nitrogen functional groups attached to an aromatic ring is 1. The molecule has 0 aliphatic carbocycles. The molecule has 3 N–H and O–H groups in total. The lowest BCUT2D eigenvalue weighted by atomic mass is 10.3. The molecule has 6 heteroatoms. The molecule has 14 heavy (non-hydrogen) atoms. The molecule has 0 amide bonds. The van der Waals surface area contributed by atoms with E-state index in [1.165, 1.54) is 6.20 Å². The monoisotopic (exact) mass is 192 g/mol. The van der Waals surface area contributed by atoms with Crippen molar-refractivity contribution in [2.24, 2.45) is 0 Å². The van der Waals surface area contributed by atoms with Crippen LogP contribution in [-0.2, 0) is 11.2 Å². The van der Waals surface area contributed by atoms with Crippen LogP contribution in [0.15, 0.2) is 18.6 Å². The lowest BCUT2D eigenvalue weighted by Gasteiger charge is -1.93. The second kappa shape index (κ2) is 2.99. The van der Waals surface area contributed by atoms with E-state index in [0.29, 0.717) is 17.2 Å². The second-order valence-electron chi connectivity index (χ2n) is 2.85. The Balaban J connectivity index is 2.51. The van der Waals surface area contributed by atoms with Gasteiger partial charge >= 0.3 is 5.97 Å². The molecule has 2 rings (SSSR count). The number of fused-ring (bicyclic) bond motifs is 1. The first-order valence-corrected chi connectivity index (χ1v) is 3.96. The van der Waals surface area contributed by atoms with Crippen molar-refractivity contribution in [3.63, 3.8) is 0 Å². The van der Waals surface area contributed by atoms with Crippen LogP contribution in [-0.4, -0.2) is 25.4 Å². The first-order chi connectivity index (χ1) is 6.66. The van der Waals surface area contributed by atoms with Crippen LogP contribution in [0.1, 0.15) is 5.69 Å². The predicted octanol–water partition coefficient (Wildman–Crippen LogP) is -0.0614.